The van der Waals surface area contributed by atoms with Crippen LogP contribution in [-0.4, -0.2) is 18.9 Å². The Bertz CT molecular complexity index is 394. The van der Waals surface area contributed by atoms with E-state index in [1.165, 1.54) is 6.08 Å². The molecule has 4 nitrogen and oxygen atoms in total. The van der Waals surface area contributed by atoms with Gasteiger partial charge in [-0.3, -0.25) is 9.59 Å². The second-order valence-electron chi connectivity index (χ2n) is 2.93. The molecule has 1 aromatic carbocycles. The first-order chi connectivity index (χ1) is 7.13. The van der Waals surface area contributed by atoms with Gasteiger partial charge in [-0.1, -0.05) is 12.1 Å². The maximum Gasteiger partial charge on any atom is 0.248 e. The van der Waals surface area contributed by atoms with Crippen molar-refractivity contribution in [1.29, 1.82) is 0 Å². The van der Waals surface area contributed by atoms with Crippen LogP contribution < -0.4 is 11.1 Å². The van der Waals surface area contributed by atoms with Gasteiger partial charge in [-0.15, -0.1) is 0 Å². The van der Waals surface area contributed by atoms with Gasteiger partial charge in [0.25, 0.3) is 0 Å². The number of carbonyl (C=O) groups excluding carboxylic acids is 2. The van der Waals surface area contributed by atoms with Gasteiger partial charge in [0.2, 0.25) is 11.8 Å². The van der Waals surface area contributed by atoms with Gasteiger partial charge in [0.1, 0.15) is 0 Å². The van der Waals surface area contributed by atoms with Crippen LogP contribution in [-0.2, 0) is 4.79 Å². The van der Waals surface area contributed by atoms with Crippen LogP contribution in [0.3, 0.4) is 0 Å². The molecule has 0 atom stereocenters. The highest BCUT2D eigenvalue weighted by molar-refractivity contribution is 5.93. The predicted molar refractivity (Wildman–Crippen MR) is 58.1 cm³/mol. The SMILES string of the molecule is CNC(=O)C=Cc1ccc(C(N)=O)cc1. The minimum absolute atomic E-state index is 0.172. The number of rotatable bonds is 3. The molecular formula is C11H12N2O2. The molecule has 0 saturated carbocycles. The molecule has 0 fully saturated rings. The minimum atomic E-state index is -0.461. The first-order valence-corrected chi connectivity index (χ1v) is 4.43. The van der Waals surface area contributed by atoms with E-state index in [0.717, 1.165) is 5.56 Å². The molecular weight excluding hydrogens is 192 g/mol. The van der Waals surface area contributed by atoms with Crippen LogP contribution in [0.5, 0.6) is 0 Å². The molecule has 0 bridgehead atoms. The summed E-state index contributed by atoms with van der Waals surface area (Å²) in [4.78, 5) is 21.7. The first kappa shape index (κ1) is 11.0. The number of nitrogens with two attached hydrogens (primary N) is 1. The monoisotopic (exact) mass is 204 g/mol. The fourth-order valence-electron chi connectivity index (χ4n) is 1.01. The third kappa shape index (κ3) is 3.27. The summed E-state index contributed by atoms with van der Waals surface area (Å²) in [7, 11) is 1.56. The molecule has 0 aliphatic heterocycles. The molecule has 1 aromatic rings. The average molecular weight is 204 g/mol. The van der Waals surface area contributed by atoms with Crippen LogP contribution >= 0.6 is 0 Å². The summed E-state index contributed by atoms with van der Waals surface area (Å²) >= 11 is 0. The molecule has 0 aliphatic rings. The Labute approximate surface area is 87.8 Å². The lowest BCUT2D eigenvalue weighted by atomic mass is 10.1. The van der Waals surface area contributed by atoms with Crippen LogP contribution in [0.2, 0.25) is 0 Å². The van der Waals surface area contributed by atoms with E-state index in [2.05, 4.69) is 5.32 Å². The van der Waals surface area contributed by atoms with Crippen LogP contribution in [0, 0.1) is 0 Å². The summed E-state index contributed by atoms with van der Waals surface area (Å²) in [6, 6.07) is 6.68. The Morgan fingerprint density at radius 1 is 1.27 bits per heavy atom. The highest BCUT2D eigenvalue weighted by atomic mass is 16.1. The average Bonchev–Trinajstić information content (AvgIpc) is 2.26. The summed E-state index contributed by atoms with van der Waals surface area (Å²) < 4.78 is 0. The van der Waals surface area contributed by atoms with E-state index in [1.54, 1.807) is 37.4 Å². The lowest BCUT2D eigenvalue weighted by Crippen LogP contribution is -2.13. The van der Waals surface area contributed by atoms with Crippen molar-refractivity contribution in [2.45, 2.75) is 0 Å². The number of carbonyl (C=O) groups is 2. The second-order valence-corrected chi connectivity index (χ2v) is 2.93. The molecule has 2 amide bonds. The highest BCUT2D eigenvalue weighted by Crippen LogP contribution is 2.05. The molecule has 0 heterocycles. The summed E-state index contributed by atoms with van der Waals surface area (Å²) in [6.07, 6.45) is 3.07. The smallest absolute Gasteiger partial charge is 0.248 e. The van der Waals surface area contributed by atoms with Gasteiger partial charge in [-0.25, -0.2) is 0 Å². The first-order valence-electron chi connectivity index (χ1n) is 4.43. The van der Waals surface area contributed by atoms with Crippen molar-refractivity contribution in [3.63, 3.8) is 0 Å². The minimum Gasteiger partial charge on any atom is -0.366 e. The normalized spacial score (nSPS) is 10.2. The van der Waals surface area contributed by atoms with E-state index in [0.29, 0.717) is 5.56 Å². The van der Waals surface area contributed by atoms with E-state index >= 15 is 0 Å². The van der Waals surface area contributed by atoms with Crippen molar-refractivity contribution in [3.05, 3.63) is 41.5 Å². The number of primary amides is 1. The van der Waals surface area contributed by atoms with E-state index in [9.17, 15) is 9.59 Å². The Morgan fingerprint density at radius 3 is 2.33 bits per heavy atom. The van der Waals surface area contributed by atoms with Gasteiger partial charge in [0.15, 0.2) is 0 Å². The van der Waals surface area contributed by atoms with Gasteiger partial charge in [0.05, 0.1) is 0 Å². The third-order valence-electron chi connectivity index (χ3n) is 1.87. The highest BCUT2D eigenvalue weighted by Gasteiger charge is 1.97. The maximum atomic E-state index is 10.9. The zero-order valence-electron chi connectivity index (χ0n) is 8.36. The zero-order valence-corrected chi connectivity index (χ0v) is 8.36. The molecule has 0 saturated heterocycles. The number of nitrogens with one attached hydrogen (secondary N) is 1. The molecule has 0 radical (unpaired) electrons. The molecule has 3 N–H and O–H groups in total. The summed E-state index contributed by atoms with van der Waals surface area (Å²) in [5, 5.41) is 2.46. The van der Waals surface area contributed by atoms with Crippen LogP contribution in [0.4, 0.5) is 0 Å². The van der Waals surface area contributed by atoms with Gasteiger partial charge in [0, 0.05) is 18.7 Å². The van der Waals surface area contributed by atoms with Crippen molar-refractivity contribution in [3.8, 4) is 0 Å². The van der Waals surface area contributed by atoms with Gasteiger partial charge in [-0.05, 0) is 23.8 Å². The number of hydrogen-bond donors (Lipinski definition) is 2. The Balaban J connectivity index is 2.77. The molecule has 15 heavy (non-hydrogen) atoms. The summed E-state index contributed by atoms with van der Waals surface area (Å²) in [6.45, 7) is 0. The molecule has 1 rings (SSSR count). The summed E-state index contributed by atoms with van der Waals surface area (Å²) in [5.74, 6) is -0.634. The van der Waals surface area contributed by atoms with Gasteiger partial charge in [-0.2, -0.15) is 0 Å². The molecule has 78 valence electrons. The van der Waals surface area contributed by atoms with Gasteiger partial charge < -0.3 is 11.1 Å². The van der Waals surface area contributed by atoms with Crippen molar-refractivity contribution in [2.24, 2.45) is 5.73 Å². The Hall–Kier alpha value is -2.10. The van der Waals surface area contributed by atoms with Crippen molar-refractivity contribution in [2.75, 3.05) is 7.05 Å². The predicted octanol–water partition coefficient (Wildman–Crippen LogP) is 0.545. The molecule has 0 aromatic heterocycles. The summed E-state index contributed by atoms with van der Waals surface area (Å²) in [5.41, 5.74) is 6.37. The molecule has 0 unspecified atom stereocenters. The van der Waals surface area contributed by atoms with Crippen molar-refractivity contribution < 1.29 is 9.59 Å². The third-order valence-corrected chi connectivity index (χ3v) is 1.87. The van der Waals surface area contributed by atoms with Crippen molar-refractivity contribution >= 4 is 17.9 Å². The van der Waals surface area contributed by atoms with E-state index < -0.39 is 5.91 Å². The Kier molecular flexibility index (Phi) is 3.62. The van der Waals surface area contributed by atoms with Crippen LogP contribution in [0.15, 0.2) is 30.3 Å². The fraction of sp³-hybridized carbons (Fsp3) is 0.0909. The van der Waals surface area contributed by atoms with E-state index in [4.69, 9.17) is 5.73 Å². The van der Waals surface area contributed by atoms with Crippen LogP contribution in [0.1, 0.15) is 15.9 Å². The quantitative estimate of drug-likeness (QED) is 0.705. The lowest BCUT2D eigenvalue weighted by Gasteiger charge is -1.96. The lowest BCUT2D eigenvalue weighted by molar-refractivity contribution is -0.115. The fourth-order valence-corrected chi connectivity index (χ4v) is 1.01. The molecule has 0 spiro atoms. The number of benzene rings is 1. The second kappa shape index (κ2) is 4.95. The van der Waals surface area contributed by atoms with Crippen molar-refractivity contribution in [1.82, 2.24) is 5.32 Å². The van der Waals surface area contributed by atoms with E-state index in [-0.39, 0.29) is 5.91 Å². The standard InChI is InChI=1S/C11H12N2O2/c1-13-10(14)7-4-8-2-5-9(6-3-8)11(12)15/h2-7H,1H3,(H2,12,15)(H,13,14). The number of likely N-dealkylation sites (N-methyl/N-ethyl adjacent to an activating group) is 1. The Morgan fingerprint density at radius 2 is 1.87 bits per heavy atom. The maximum absolute atomic E-state index is 10.9. The molecule has 4 heteroatoms. The van der Waals surface area contributed by atoms with E-state index in [1.807, 2.05) is 0 Å². The number of hydrogen-bond acceptors (Lipinski definition) is 2. The topological polar surface area (TPSA) is 72.2 Å². The van der Waals surface area contributed by atoms with Crippen LogP contribution in [0.25, 0.3) is 6.08 Å². The molecule has 0 aliphatic carbocycles. The number of amides is 2. The largest absolute Gasteiger partial charge is 0.366 e. The zero-order chi connectivity index (χ0) is 11.3. The van der Waals surface area contributed by atoms with Gasteiger partial charge >= 0.3 is 0 Å².